The van der Waals surface area contributed by atoms with Gasteiger partial charge in [0.25, 0.3) is 0 Å². The van der Waals surface area contributed by atoms with Crippen LogP contribution in [0, 0.1) is 0 Å². The number of amides is 1. The number of hydrogen-bond acceptors (Lipinski definition) is 4. The van der Waals surface area contributed by atoms with Crippen molar-refractivity contribution in [3.8, 4) is 0 Å². The zero-order chi connectivity index (χ0) is 13.1. The molecule has 1 aromatic rings. The maximum atomic E-state index is 11.5. The molecule has 0 aliphatic carbocycles. The first-order valence-corrected chi connectivity index (χ1v) is 6.80. The average Bonchev–Trinajstić information content (AvgIpc) is 2.30. The van der Waals surface area contributed by atoms with Crippen molar-refractivity contribution in [1.29, 1.82) is 0 Å². The molecule has 0 spiro atoms. The van der Waals surface area contributed by atoms with Crippen molar-refractivity contribution in [3.63, 3.8) is 0 Å². The second-order valence-electron chi connectivity index (χ2n) is 3.61. The Hall–Kier alpha value is -1.40. The lowest BCUT2D eigenvalue weighted by Gasteiger charge is -2.11. The molecule has 0 fully saturated rings. The minimum Gasteiger partial charge on any atom is -0.395 e. The Morgan fingerprint density at radius 3 is 2.24 bits per heavy atom. The Morgan fingerprint density at radius 1 is 1.35 bits per heavy atom. The predicted octanol–water partition coefficient (Wildman–Crippen LogP) is 0.0414. The van der Waals surface area contributed by atoms with Crippen molar-refractivity contribution in [3.05, 3.63) is 29.8 Å². The Balaban J connectivity index is 3.07. The van der Waals surface area contributed by atoms with Crippen LogP contribution in [-0.2, 0) is 14.6 Å². The molecule has 17 heavy (non-hydrogen) atoms. The van der Waals surface area contributed by atoms with Crippen LogP contribution >= 0.6 is 0 Å². The largest absolute Gasteiger partial charge is 0.395 e. The third kappa shape index (κ3) is 3.04. The highest BCUT2D eigenvalue weighted by molar-refractivity contribution is 7.91. The van der Waals surface area contributed by atoms with E-state index in [-0.39, 0.29) is 10.6 Å². The molecule has 1 unspecified atom stereocenters. The molecule has 1 aromatic carbocycles. The van der Waals surface area contributed by atoms with Crippen LogP contribution in [0.1, 0.15) is 18.4 Å². The van der Waals surface area contributed by atoms with E-state index in [0.717, 1.165) is 0 Å². The van der Waals surface area contributed by atoms with Crippen LogP contribution in [0.3, 0.4) is 0 Å². The van der Waals surface area contributed by atoms with Crippen molar-refractivity contribution in [2.24, 2.45) is 5.73 Å². The van der Waals surface area contributed by atoms with E-state index < -0.39 is 28.3 Å². The summed E-state index contributed by atoms with van der Waals surface area (Å²) in [5.74, 6) is -1.42. The second kappa shape index (κ2) is 5.29. The Bertz CT molecular complexity index is 493. The number of aliphatic hydroxyl groups is 1. The zero-order valence-electron chi connectivity index (χ0n) is 9.46. The van der Waals surface area contributed by atoms with Gasteiger partial charge >= 0.3 is 0 Å². The quantitative estimate of drug-likeness (QED) is 0.778. The van der Waals surface area contributed by atoms with Gasteiger partial charge in [-0.25, -0.2) is 8.42 Å². The monoisotopic (exact) mass is 257 g/mol. The zero-order valence-corrected chi connectivity index (χ0v) is 10.3. The molecule has 6 heteroatoms. The third-order valence-electron chi connectivity index (χ3n) is 2.55. The first kappa shape index (κ1) is 13.7. The molecule has 3 N–H and O–H groups in total. The summed E-state index contributed by atoms with van der Waals surface area (Å²) in [5, 5.41) is 9.01. The minimum atomic E-state index is -3.25. The van der Waals surface area contributed by atoms with E-state index in [9.17, 15) is 13.2 Å². The standard InChI is InChI=1S/C11H15NO4S/c1-2-17(15,16)9-5-3-8(4-6-9)10(7-13)11(12)14/h3-6,10,13H,2,7H2,1H3,(H2,12,14). The van der Waals surface area contributed by atoms with Gasteiger partial charge in [0.05, 0.1) is 23.2 Å². The average molecular weight is 257 g/mol. The van der Waals surface area contributed by atoms with Crippen LogP contribution in [0.25, 0.3) is 0 Å². The number of sulfone groups is 1. The fraction of sp³-hybridized carbons (Fsp3) is 0.364. The summed E-state index contributed by atoms with van der Waals surface area (Å²) in [7, 11) is -3.25. The van der Waals surface area contributed by atoms with Gasteiger partial charge in [-0.3, -0.25) is 4.79 Å². The smallest absolute Gasteiger partial charge is 0.227 e. The highest BCUT2D eigenvalue weighted by Gasteiger charge is 2.18. The van der Waals surface area contributed by atoms with Crippen LogP contribution in [-0.4, -0.2) is 31.8 Å². The van der Waals surface area contributed by atoms with Gasteiger partial charge in [0.15, 0.2) is 9.84 Å². The molecule has 1 atom stereocenters. The summed E-state index contributed by atoms with van der Waals surface area (Å²) in [6.45, 7) is 1.17. The SMILES string of the molecule is CCS(=O)(=O)c1ccc(C(CO)C(N)=O)cc1. The van der Waals surface area contributed by atoms with Crippen LogP contribution in [0.2, 0.25) is 0 Å². The van der Waals surface area contributed by atoms with Crippen molar-refractivity contribution < 1.29 is 18.3 Å². The normalized spacial score (nSPS) is 13.3. The molecular formula is C11H15NO4S. The van der Waals surface area contributed by atoms with Gasteiger partial charge in [-0.2, -0.15) is 0 Å². The molecular weight excluding hydrogens is 242 g/mol. The van der Waals surface area contributed by atoms with Crippen molar-refractivity contribution in [1.82, 2.24) is 0 Å². The fourth-order valence-electron chi connectivity index (χ4n) is 1.43. The third-order valence-corrected chi connectivity index (χ3v) is 4.30. The van der Waals surface area contributed by atoms with Gasteiger partial charge in [0.2, 0.25) is 5.91 Å². The van der Waals surface area contributed by atoms with Crippen molar-refractivity contribution in [2.45, 2.75) is 17.7 Å². The molecule has 0 bridgehead atoms. The number of aliphatic hydroxyl groups excluding tert-OH is 1. The molecule has 0 saturated heterocycles. The van der Waals surface area contributed by atoms with Gasteiger partial charge in [0, 0.05) is 0 Å². The summed E-state index contributed by atoms with van der Waals surface area (Å²) >= 11 is 0. The molecule has 0 heterocycles. The van der Waals surface area contributed by atoms with Crippen molar-refractivity contribution >= 4 is 15.7 Å². The molecule has 0 aliphatic rings. The molecule has 0 saturated carbocycles. The summed E-state index contributed by atoms with van der Waals surface area (Å²) in [6, 6.07) is 5.82. The topological polar surface area (TPSA) is 97.5 Å². The Morgan fingerprint density at radius 2 is 1.88 bits per heavy atom. The summed E-state index contributed by atoms with van der Waals surface area (Å²) < 4.78 is 23.1. The van der Waals surface area contributed by atoms with Gasteiger partial charge < -0.3 is 10.8 Å². The number of carbonyl (C=O) groups excluding carboxylic acids is 1. The number of carbonyl (C=O) groups is 1. The van der Waals surface area contributed by atoms with E-state index >= 15 is 0 Å². The molecule has 0 radical (unpaired) electrons. The Labute approximate surface area is 100 Å². The fourth-order valence-corrected chi connectivity index (χ4v) is 2.32. The number of rotatable bonds is 5. The molecule has 0 aromatic heterocycles. The van der Waals surface area contributed by atoms with Gasteiger partial charge in [-0.05, 0) is 17.7 Å². The van der Waals surface area contributed by atoms with E-state index in [4.69, 9.17) is 10.8 Å². The number of hydrogen-bond donors (Lipinski definition) is 2. The maximum absolute atomic E-state index is 11.5. The molecule has 0 aliphatic heterocycles. The minimum absolute atomic E-state index is 0.0194. The molecule has 1 amide bonds. The van der Waals surface area contributed by atoms with Crippen LogP contribution in [0.5, 0.6) is 0 Å². The van der Waals surface area contributed by atoms with Gasteiger partial charge in [-0.1, -0.05) is 19.1 Å². The molecule has 94 valence electrons. The summed E-state index contributed by atoms with van der Waals surface area (Å²) in [4.78, 5) is 11.2. The van der Waals surface area contributed by atoms with Crippen LogP contribution in [0.15, 0.2) is 29.2 Å². The number of benzene rings is 1. The molecule has 1 rings (SSSR count). The van der Waals surface area contributed by atoms with Crippen LogP contribution < -0.4 is 5.73 Å². The first-order valence-electron chi connectivity index (χ1n) is 5.15. The Kier molecular flexibility index (Phi) is 4.25. The second-order valence-corrected chi connectivity index (χ2v) is 5.89. The molecule has 5 nitrogen and oxygen atoms in total. The van der Waals surface area contributed by atoms with E-state index in [1.165, 1.54) is 24.3 Å². The van der Waals surface area contributed by atoms with Crippen molar-refractivity contribution in [2.75, 3.05) is 12.4 Å². The highest BCUT2D eigenvalue weighted by atomic mass is 32.2. The number of primary amides is 1. The van der Waals surface area contributed by atoms with Gasteiger partial charge in [-0.15, -0.1) is 0 Å². The van der Waals surface area contributed by atoms with Gasteiger partial charge in [0.1, 0.15) is 0 Å². The lowest BCUT2D eigenvalue weighted by Crippen LogP contribution is -2.24. The lowest BCUT2D eigenvalue weighted by atomic mass is 10.00. The van der Waals surface area contributed by atoms with Crippen LogP contribution in [0.4, 0.5) is 0 Å². The lowest BCUT2D eigenvalue weighted by molar-refractivity contribution is -0.120. The predicted molar refractivity (Wildman–Crippen MR) is 63.2 cm³/mol. The summed E-state index contributed by atoms with van der Waals surface area (Å²) in [6.07, 6.45) is 0. The van der Waals surface area contributed by atoms with E-state index in [1.54, 1.807) is 6.92 Å². The summed E-state index contributed by atoms with van der Waals surface area (Å²) in [5.41, 5.74) is 5.62. The maximum Gasteiger partial charge on any atom is 0.227 e. The number of nitrogens with two attached hydrogens (primary N) is 1. The van der Waals surface area contributed by atoms with E-state index in [0.29, 0.717) is 5.56 Å². The highest BCUT2D eigenvalue weighted by Crippen LogP contribution is 2.18. The van der Waals surface area contributed by atoms with E-state index in [1.807, 2.05) is 0 Å². The van der Waals surface area contributed by atoms with E-state index in [2.05, 4.69) is 0 Å². The first-order chi connectivity index (χ1) is 7.92.